The molecule has 1 heterocycles. The molecule has 5 nitrogen and oxygen atoms in total. The minimum Gasteiger partial charge on any atom is -0.379 e. The van der Waals surface area contributed by atoms with E-state index in [1.807, 2.05) is 27.7 Å². The van der Waals surface area contributed by atoms with Crippen LogP contribution in [-0.2, 0) is 9.53 Å². The fraction of sp³-hybridized carbons (Fsp3) is 0.929. The van der Waals surface area contributed by atoms with Crippen LogP contribution in [0.2, 0.25) is 0 Å². The van der Waals surface area contributed by atoms with E-state index in [0.717, 1.165) is 26.3 Å². The largest absolute Gasteiger partial charge is 0.379 e. The first-order valence-electron chi connectivity index (χ1n) is 7.11. The maximum Gasteiger partial charge on any atom is 0.237 e. The van der Waals surface area contributed by atoms with Gasteiger partial charge in [0, 0.05) is 25.2 Å². The van der Waals surface area contributed by atoms with Crippen LogP contribution in [0.4, 0.5) is 0 Å². The van der Waals surface area contributed by atoms with Gasteiger partial charge in [-0.15, -0.1) is 24.8 Å². The molecule has 128 valence electrons. The summed E-state index contributed by atoms with van der Waals surface area (Å²) in [6.07, 6.45) is 0. The average Bonchev–Trinajstić information content (AvgIpc) is 2.36. The third-order valence-electron chi connectivity index (χ3n) is 3.93. The van der Waals surface area contributed by atoms with E-state index in [0.29, 0.717) is 6.04 Å². The van der Waals surface area contributed by atoms with Gasteiger partial charge in [-0.1, -0.05) is 20.8 Å². The number of carbonyl (C=O) groups excluding carboxylic acids is 1. The quantitative estimate of drug-likeness (QED) is 0.810. The number of hydrogen-bond donors (Lipinski definition) is 2. The third-order valence-corrected chi connectivity index (χ3v) is 3.93. The van der Waals surface area contributed by atoms with Crippen LogP contribution < -0.4 is 11.1 Å². The number of carbonyl (C=O) groups is 1. The van der Waals surface area contributed by atoms with Gasteiger partial charge in [-0.2, -0.15) is 0 Å². The van der Waals surface area contributed by atoms with E-state index < -0.39 is 6.04 Å². The number of ether oxygens (including phenoxy) is 1. The SMILES string of the molecule is CC(NC(=O)[C@@H](N)C(C)(C)C)C(C)N1CCOCC1.Cl.Cl. The van der Waals surface area contributed by atoms with Gasteiger partial charge in [0.15, 0.2) is 0 Å². The molecular weight excluding hydrogens is 313 g/mol. The molecule has 3 atom stereocenters. The standard InChI is InChI=1S/C14H29N3O2.2ClH/c1-10(11(2)17-6-8-19-9-7-17)16-13(18)12(15)14(3,4)5;;/h10-12H,6-9,15H2,1-5H3,(H,16,18);2*1H/t10?,11?,12-;;/m1../s1. The van der Waals surface area contributed by atoms with Gasteiger partial charge in [0.05, 0.1) is 19.3 Å². The Balaban J connectivity index is 0. The molecule has 21 heavy (non-hydrogen) atoms. The Morgan fingerprint density at radius 2 is 1.67 bits per heavy atom. The molecule has 1 fully saturated rings. The number of nitrogens with zero attached hydrogens (tertiary/aromatic N) is 1. The van der Waals surface area contributed by atoms with Crippen LogP contribution in [0.25, 0.3) is 0 Å². The molecule has 0 aliphatic carbocycles. The normalized spacial score (nSPS) is 20.5. The molecule has 3 N–H and O–H groups in total. The maximum absolute atomic E-state index is 12.1. The van der Waals surface area contributed by atoms with Crippen molar-refractivity contribution in [3.63, 3.8) is 0 Å². The van der Waals surface area contributed by atoms with Crippen molar-refractivity contribution < 1.29 is 9.53 Å². The molecule has 1 aliphatic heterocycles. The first-order valence-corrected chi connectivity index (χ1v) is 7.11. The van der Waals surface area contributed by atoms with Gasteiger partial charge in [0.2, 0.25) is 5.91 Å². The van der Waals surface area contributed by atoms with E-state index in [4.69, 9.17) is 10.5 Å². The molecule has 0 saturated carbocycles. The highest BCUT2D eigenvalue weighted by atomic mass is 35.5. The van der Waals surface area contributed by atoms with Crippen LogP contribution >= 0.6 is 24.8 Å². The Hall–Kier alpha value is -0.0700. The van der Waals surface area contributed by atoms with Crippen molar-refractivity contribution in [2.24, 2.45) is 11.1 Å². The van der Waals surface area contributed by atoms with Gasteiger partial charge < -0.3 is 15.8 Å². The Morgan fingerprint density at radius 3 is 2.10 bits per heavy atom. The van der Waals surface area contributed by atoms with E-state index in [1.54, 1.807) is 0 Å². The Kier molecular flexibility index (Phi) is 10.9. The molecule has 1 amide bonds. The first kappa shape index (κ1) is 23.2. The number of morpholine rings is 1. The van der Waals surface area contributed by atoms with Gasteiger partial charge in [-0.25, -0.2) is 0 Å². The molecule has 0 spiro atoms. The molecule has 1 rings (SSSR count). The highest BCUT2D eigenvalue weighted by molar-refractivity contribution is 5.85. The Labute approximate surface area is 141 Å². The number of amides is 1. The smallest absolute Gasteiger partial charge is 0.237 e. The van der Waals surface area contributed by atoms with Crippen LogP contribution in [0.3, 0.4) is 0 Å². The van der Waals surface area contributed by atoms with Crippen molar-refractivity contribution in [2.75, 3.05) is 26.3 Å². The predicted octanol–water partition coefficient (Wildman–Crippen LogP) is 1.43. The second kappa shape index (κ2) is 9.85. The van der Waals surface area contributed by atoms with Gasteiger partial charge in [-0.3, -0.25) is 9.69 Å². The summed E-state index contributed by atoms with van der Waals surface area (Å²) in [7, 11) is 0. The topological polar surface area (TPSA) is 67.6 Å². The molecule has 2 unspecified atom stereocenters. The third kappa shape index (κ3) is 7.15. The van der Waals surface area contributed by atoms with Crippen molar-refractivity contribution >= 4 is 30.7 Å². The highest BCUT2D eigenvalue weighted by Gasteiger charge is 2.30. The van der Waals surface area contributed by atoms with Crippen LogP contribution in [0, 0.1) is 5.41 Å². The zero-order valence-corrected chi connectivity index (χ0v) is 15.4. The molecule has 0 aromatic rings. The number of nitrogens with one attached hydrogen (secondary N) is 1. The van der Waals surface area contributed by atoms with Crippen molar-refractivity contribution in [3.8, 4) is 0 Å². The zero-order valence-electron chi connectivity index (χ0n) is 13.7. The second-order valence-corrected chi connectivity index (χ2v) is 6.53. The predicted molar refractivity (Wildman–Crippen MR) is 91.4 cm³/mol. The summed E-state index contributed by atoms with van der Waals surface area (Å²) in [5.74, 6) is -0.0693. The molecule has 7 heteroatoms. The van der Waals surface area contributed by atoms with Crippen molar-refractivity contribution in [2.45, 2.75) is 52.7 Å². The lowest BCUT2D eigenvalue weighted by atomic mass is 9.86. The second-order valence-electron chi connectivity index (χ2n) is 6.53. The average molecular weight is 344 g/mol. The summed E-state index contributed by atoms with van der Waals surface area (Å²) in [4.78, 5) is 14.5. The van der Waals surface area contributed by atoms with Crippen molar-refractivity contribution in [3.05, 3.63) is 0 Å². The van der Waals surface area contributed by atoms with Crippen molar-refractivity contribution in [1.29, 1.82) is 0 Å². The summed E-state index contributed by atoms with van der Waals surface area (Å²) in [6, 6.07) is -0.106. The van der Waals surface area contributed by atoms with Gasteiger partial charge >= 0.3 is 0 Å². The van der Waals surface area contributed by atoms with Crippen LogP contribution in [-0.4, -0.2) is 55.2 Å². The number of halogens is 2. The fourth-order valence-electron chi connectivity index (χ4n) is 2.13. The summed E-state index contributed by atoms with van der Waals surface area (Å²) in [5, 5.41) is 3.04. The van der Waals surface area contributed by atoms with Gasteiger partial charge in [-0.05, 0) is 19.3 Å². The highest BCUT2D eigenvalue weighted by Crippen LogP contribution is 2.17. The van der Waals surface area contributed by atoms with E-state index in [2.05, 4.69) is 17.1 Å². The molecule has 0 radical (unpaired) electrons. The monoisotopic (exact) mass is 343 g/mol. The number of nitrogens with two attached hydrogens (primary N) is 1. The summed E-state index contributed by atoms with van der Waals surface area (Å²) in [6.45, 7) is 13.5. The Bertz CT molecular complexity index is 305. The van der Waals surface area contributed by atoms with Gasteiger partial charge in [0.25, 0.3) is 0 Å². The summed E-state index contributed by atoms with van der Waals surface area (Å²) >= 11 is 0. The van der Waals surface area contributed by atoms with E-state index in [-0.39, 0.29) is 42.2 Å². The van der Waals surface area contributed by atoms with Crippen LogP contribution in [0.1, 0.15) is 34.6 Å². The minimum absolute atomic E-state index is 0. The van der Waals surface area contributed by atoms with Crippen LogP contribution in [0.15, 0.2) is 0 Å². The van der Waals surface area contributed by atoms with Gasteiger partial charge in [0.1, 0.15) is 0 Å². The number of hydrogen-bond acceptors (Lipinski definition) is 4. The molecule has 1 saturated heterocycles. The van der Waals surface area contributed by atoms with Crippen molar-refractivity contribution in [1.82, 2.24) is 10.2 Å². The van der Waals surface area contributed by atoms with E-state index in [1.165, 1.54) is 0 Å². The molecular formula is C14H31Cl2N3O2. The lowest BCUT2D eigenvalue weighted by Gasteiger charge is -2.36. The maximum atomic E-state index is 12.1. The molecule has 1 aliphatic rings. The summed E-state index contributed by atoms with van der Waals surface area (Å²) < 4.78 is 5.34. The lowest BCUT2D eigenvalue weighted by Crippen LogP contribution is -2.56. The minimum atomic E-state index is -0.480. The van der Waals surface area contributed by atoms with Crippen LogP contribution in [0.5, 0.6) is 0 Å². The molecule has 0 aromatic carbocycles. The first-order chi connectivity index (χ1) is 8.73. The van der Waals surface area contributed by atoms with E-state index >= 15 is 0 Å². The molecule has 0 bridgehead atoms. The fourth-order valence-corrected chi connectivity index (χ4v) is 2.13. The number of rotatable bonds is 4. The lowest BCUT2D eigenvalue weighted by molar-refractivity contribution is -0.125. The van der Waals surface area contributed by atoms with E-state index in [9.17, 15) is 4.79 Å². The zero-order chi connectivity index (χ0) is 14.6. The Morgan fingerprint density at radius 1 is 1.19 bits per heavy atom. The molecule has 0 aromatic heterocycles. The summed E-state index contributed by atoms with van der Waals surface area (Å²) in [5.41, 5.74) is 5.76.